The number of amidine groups is 1. The van der Waals surface area contributed by atoms with E-state index >= 15 is 0 Å². The van der Waals surface area contributed by atoms with Gasteiger partial charge in [0.05, 0.1) is 0 Å². The Morgan fingerprint density at radius 3 is 1.50 bits per heavy atom. The normalized spacial score (nSPS) is 8.19. The van der Waals surface area contributed by atoms with Crippen molar-refractivity contribution in [3.63, 3.8) is 0 Å². The molecule has 0 aliphatic heterocycles. The van der Waals surface area contributed by atoms with Crippen LogP contribution in [0.25, 0.3) is 0 Å². The quantitative estimate of drug-likeness (QED) is 0.548. The van der Waals surface area contributed by atoms with Gasteiger partial charge in [0.2, 0.25) is 0 Å². The molecule has 2 nitrogen and oxygen atoms in total. The molecule has 0 spiro atoms. The molecule has 1 aromatic rings. The smallest absolute Gasteiger partial charge is 0.122 e. The first kappa shape index (κ1) is 17.1. The zero-order valence-corrected chi connectivity index (χ0v) is 11.7. The lowest BCUT2D eigenvalue weighted by atomic mass is 10.0. The van der Waals surface area contributed by atoms with E-state index < -0.39 is 0 Å². The molecule has 0 bridgehead atoms. The standard InChI is InChI=1S/C10H14N2.2C2H6/c1-6-4-9(10(11)12)5-7(2)8(6)3;2*1-2/h4-5H,1-3H3,(H3,11,12);2*1-2H3. The van der Waals surface area contributed by atoms with Gasteiger partial charge in [-0.2, -0.15) is 0 Å². The van der Waals surface area contributed by atoms with Gasteiger partial charge >= 0.3 is 0 Å². The molecule has 0 aromatic heterocycles. The number of hydrogen-bond donors (Lipinski definition) is 2. The Labute approximate surface area is 100 Å². The molecule has 1 rings (SSSR count). The van der Waals surface area contributed by atoms with Crippen molar-refractivity contribution in [1.29, 1.82) is 5.41 Å². The lowest BCUT2D eigenvalue weighted by molar-refractivity contribution is 1.25. The molecule has 0 saturated heterocycles. The van der Waals surface area contributed by atoms with E-state index in [0.717, 1.165) is 5.56 Å². The fourth-order valence-electron chi connectivity index (χ4n) is 1.19. The van der Waals surface area contributed by atoms with Gasteiger partial charge < -0.3 is 5.73 Å². The first-order valence-corrected chi connectivity index (χ1v) is 5.94. The molecule has 0 radical (unpaired) electrons. The van der Waals surface area contributed by atoms with Crippen LogP contribution in [0, 0.1) is 26.2 Å². The number of rotatable bonds is 1. The van der Waals surface area contributed by atoms with Crippen LogP contribution in [0.2, 0.25) is 0 Å². The van der Waals surface area contributed by atoms with Gasteiger partial charge in [0.1, 0.15) is 5.84 Å². The lowest BCUT2D eigenvalue weighted by Gasteiger charge is -2.07. The van der Waals surface area contributed by atoms with Crippen LogP contribution in [0.3, 0.4) is 0 Å². The minimum atomic E-state index is 0.140. The maximum Gasteiger partial charge on any atom is 0.122 e. The van der Waals surface area contributed by atoms with E-state index in [2.05, 4.69) is 6.92 Å². The Morgan fingerprint density at radius 2 is 1.25 bits per heavy atom. The first-order valence-electron chi connectivity index (χ1n) is 5.94. The number of nitrogens with two attached hydrogens (primary N) is 1. The molecule has 0 atom stereocenters. The number of benzene rings is 1. The lowest BCUT2D eigenvalue weighted by Crippen LogP contribution is -2.11. The molecule has 0 unspecified atom stereocenters. The summed E-state index contributed by atoms with van der Waals surface area (Å²) in [6, 6.07) is 3.90. The molecule has 0 aliphatic carbocycles. The van der Waals surface area contributed by atoms with Crippen LogP contribution in [0.5, 0.6) is 0 Å². The van der Waals surface area contributed by atoms with E-state index in [-0.39, 0.29) is 5.84 Å². The number of hydrogen-bond acceptors (Lipinski definition) is 1. The zero-order valence-electron chi connectivity index (χ0n) is 11.7. The Kier molecular flexibility index (Phi) is 9.57. The van der Waals surface area contributed by atoms with Crippen LogP contribution in [0.1, 0.15) is 49.9 Å². The monoisotopic (exact) mass is 222 g/mol. The van der Waals surface area contributed by atoms with Crippen molar-refractivity contribution >= 4 is 5.84 Å². The second-order valence-corrected chi connectivity index (χ2v) is 3.15. The third kappa shape index (κ3) is 4.96. The SMILES string of the molecule is CC.CC.Cc1cc(C(=N)N)cc(C)c1C. The topological polar surface area (TPSA) is 49.9 Å². The number of aryl methyl sites for hydroxylation is 2. The van der Waals surface area contributed by atoms with Gasteiger partial charge in [0.25, 0.3) is 0 Å². The highest BCUT2D eigenvalue weighted by Gasteiger charge is 2.01. The van der Waals surface area contributed by atoms with E-state index in [1.54, 1.807) is 0 Å². The molecular formula is C14H26N2. The summed E-state index contributed by atoms with van der Waals surface area (Å²) in [5, 5.41) is 7.28. The van der Waals surface area contributed by atoms with Gasteiger partial charge in [0, 0.05) is 5.56 Å². The summed E-state index contributed by atoms with van der Waals surface area (Å²) in [5.74, 6) is 0.140. The van der Waals surface area contributed by atoms with E-state index in [0.29, 0.717) is 0 Å². The first-order chi connectivity index (χ1) is 7.52. The molecule has 92 valence electrons. The summed E-state index contributed by atoms with van der Waals surface area (Å²) in [7, 11) is 0. The molecule has 0 saturated carbocycles. The summed E-state index contributed by atoms with van der Waals surface area (Å²) in [6.07, 6.45) is 0. The molecule has 0 aliphatic rings. The third-order valence-electron chi connectivity index (χ3n) is 2.24. The summed E-state index contributed by atoms with van der Waals surface area (Å²) >= 11 is 0. The number of nitrogens with one attached hydrogen (secondary N) is 1. The molecular weight excluding hydrogens is 196 g/mol. The van der Waals surface area contributed by atoms with Gasteiger partial charge in [-0.05, 0) is 49.6 Å². The van der Waals surface area contributed by atoms with E-state index in [1.165, 1.54) is 16.7 Å². The van der Waals surface area contributed by atoms with Crippen molar-refractivity contribution in [1.82, 2.24) is 0 Å². The maximum absolute atomic E-state index is 7.28. The minimum Gasteiger partial charge on any atom is -0.384 e. The predicted octanol–water partition coefficient (Wildman–Crippen LogP) is 3.95. The largest absolute Gasteiger partial charge is 0.384 e. The molecule has 0 amide bonds. The second kappa shape index (κ2) is 8.96. The minimum absolute atomic E-state index is 0.140. The predicted molar refractivity (Wildman–Crippen MR) is 74.4 cm³/mol. The van der Waals surface area contributed by atoms with Gasteiger partial charge in [-0.3, -0.25) is 5.41 Å². The highest BCUT2D eigenvalue weighted by Crippen LogP contribution is 2.14. The van der Waals surface area contributed by atoms with E-state index in [1.807, 2.05) is 53.7 Å². The summed E-state index contributed by atoms with van der Waals surface area (Å²) in [4.78, 5) is 0. The summed E-state index contributed by atoms with van der Waals surface area (Å²) in [6.45, 7) is 14.2. The fraction of sp³-hybridized carbons (Fsp3) is 0.500. The van der Waals surface area contributed by atoms with Crippen molar-refractivity contribution in [3.8, 4) is 0 Å². The van der Waals surface area contributed by atoms with Crippen LogP contribution >= 0.6 is 0 Å². The molecule has 0 heterocycles. The van der Waals surface area contributed by atoms with Crippen molar-refractivity contribution in [2.45, 2.75) is 48.5 Å². The van der Waals surface area contributed by atoms with Crippen LogP contribution < -0.4 is 5.73 Å². The van der Waals surface area contributed by atoms with Crippen LogP contribution in [-0.4, -0.2) is 5.84 Å². The highest BCUT2D eigenvalue weighted by atomic mass is 14.7. The molecule has 16 heavy (non-hydrogen) atoms. The van der Waals surface area contributed by atoms with Gasteiger partial charge in [-0.15, -0.1) is 0 Å². The van der Waals surface area contributed by atoms with Crippen molar-refractivity contribution in [3.05, 3.63) is 34.4 Å². The number of nitrogen functional groups attached to an aromatic ring is 1. The highest BCUT2D eigenvalue weighted by molar-refractivity contribution is 5.95. The van der Waals surface area contributed by atoms with Crippen LogP contribution in [-0.2, 0) is 0 Å². The third-order valence-corrected chi connectivity index (χ3v) is 2.24. The van der Waals surface area contributed by atoms with Gasteiger partial charge in [0.15, 0.2) is 0 Å². The summed E-state index contributed by atoms with van der Waals surface area (Å²) < 4.78 is 0. The average molecular weight is 222 g/mol. The Morgan fingerprint density at radius 1 is 0.938 bits per heavy atom. The zero-order chi connectivity index (χ0) is 13.3. The maximum atomic E-state index is 7.28. The van der Waals surface area contributed by atoms with Crippen LogP contribution in [0.4, 0.5) is 0 Å². The molecule has 0 fully saturated rings. The van der Waals surface area contributed by atoms with E-state index in [4.69, 9.17) is 11.1 Å². The second-order valence-electron chi connectivity index (χ2n) is 3.15. The molecule has 1 aromatic carbocycles. The van der Waals surface area contributed by atoms with Gasteiger partial charge in [-0.1, -0.05) is 27.7 Å². The van der Waals surface area contributed by atoms with Crippen molar-refractivity contribution in [2.24, 2.45) is 5.73 Å². The van der Waals surface area contributed by atoms with Crippen molar-refractivity contribution in [2.75, 3.05) is 0 Å². The Bertz CT molecular complexity index is 305. The van der Waals surface area contributed by atoms with Crippen LogP contribution in [0.15, 0.2) is 12.1 Å². The molecule has 3 N–H and O–H groups in total. The van der Waals surface area contributed by atoms with Gasteiger partial charge in [-0.25, -0.2) is 0 Å². The Hall–Kier alpha value is -1.31. The fourth-order valence-corrected chi connectivity index (χ4v) is 1.19. The summed E-state index contributed by atoms with van der Waals surface area (Å²) in [5.41, 5.74) is 9.87. The van der Waals surface area contributed by atoms with Crippen molar-refractivity contribution < 1.29 is 0 Å². The Balaban J connectivity index is 0. The molecule has 2 heteroatoms. The average Bonchev–Trinajstić information content (AvgIpc) is 2.30. The van der Waals surface area contributed by atoms with E-state index in [9.17, 15) is 0 Å².